The van der Waals surface area contributed by atoms with E-state index in [4.69, 9.17) is 5.73 Å². The maximum atomic E-state index is 12.0. The molecule has 4 nitrogen and oxygen atoms in total. The number of anilines is 1. The Hall–Kier alpha value is -1.55. The van der Waals surface area contributed by atoms with Crippen molar-refractivity contribution < 1.29 is 4.79 Å². The van der Waals surface area contributed by atoms with Crippen molar-refractivity contribution in [2.45, 2.75) is 58.0 Å². The van der Waals surface area contributed by atoms with E-state index in [0.29, 0.717) is 6.04 Å². The van der Waals surface area contributed by atoms with E-state index >= 15 is 0 Å². The van der Waals surface area contributed by atoms with Crippen molar-refractivity contribution in [3.63, 3.8) is 0 Å². The van der Waals surface area contributed by atoms with Gasteiger partial charge in [0.25, 0.3) is 0 Å². The fourth-order valence-electron chi connectivity index (χ4n) is 2.94. The SMILES string of the molecule is CCC1CCC(NC(=O)Nc2ccc(C(C)N)cc2)CC1. The molecule has 1 unspecified atom stereocenters. The molecule has 1 aromatic rings. The molecule has 0 spiro atoms. The molecule has 1 aromatic carbocycles. The molecular weight excluding hydrogens is 262 g/mol. The van der Waals surface area contributed by atoms with E-state index in [-0.39, 0.29) is 12.1 Å². The van der Waals surface area contributed by atoms with Crippen molar-refractivity contribution in [3.8, 4) is 0 Å². The van der Waals surface area contributed by atoms with Gasteiger partial charge in [0.1, 0.15) is 0 Å². The second kappa shape index (κ2) is 7.46. The van der Waals surface area contributed by atoms with Crippen molar-refractivity contribution >= 4 is 11.7 Å². The Morgan fingerprint density at radius 2 is 1.86 bits per heavy atom. The van der Waals surface area contributed by atoms with Gasteiger partial charge in [-0.1, -0.05) is 25.5 Å². The minimum absolute atomic E-state index is 0.0154. The number of urea groups is 1. The van der Waals surface area contributed by atoms with Gasteiger partial charge in [-0.05, 0) is 56.2 Å². The molecule has 0 heterocycles. The van der Waals surface area contributed by atoms with Gasteiger partial charge in [0.2, 0.25) is 0 Å². The third-order valence-corrected chi connectivity index (χ3v) is 4.45. The smallest absolute Gasteiger partial charge is 0.319 e. The van der Waals surface area contributed by atoms with Crippen molar-refractivity contribution in [2.24, 2.45) is 11.7 Å². The first kappa shape index (κ1) is 15.8. The lowest BCUT2D eigenvalue weighted by Gasteiger charge is -2.28. The van der Waals surface area contributed by atoms with Crippen molar-refractivity contribution in [1.82, 2.24) is 5.32 Å². The molecule has 21 heavy (non-hydrogen) atoms. The Morgan fingerprint density at radius 3 is 2.38 bits per heavy atom. The van der Waals surface area contributed by atoms with E-state index in [1.807, 2.05) is 31.2 Å². The van der Waals surface area contributed by atoms with Gasteiger partial charge in [0.05, 0.1) is 0 Å². The standard InChI is InChI=1S/C17H27N3O/c1-3-13-4-8-15(9-5-13)19-17(21)20-16-10-6-14(7-11-16)12(2)18/h6-7,10-13,15H,3-5,8-9,18H2,1-2H3,(H2,19,20,21). The van der Waals surface area contributed by atoms with Crippen LogP contribution in [-0.4, -0.2) is 12.1 Å². The van der Waals surface area contributed by atoms with E-state index in [2.05, 4.69) is 17.6 Å². The average molecular weight is 289 g/mol. The highest BCUT2D eigenvalue weighted by Crippen LogP contribution is 2.26. The molecule has 1 aliphatic rings. The largest absolute Gasteiger partial charge is 0.335 e. The van der Waals surface area contributed by atoms with Gasteiger partial charge < -0.3 is 16.4 Å². The number of rotatable bonds is 4. The number of hydrogen-bond donors (Lipinski definition) is 3. The summed E-state index contributed by atoms with van der Waals surface area (Å²) in [5.74, 6) is 0.844. The average Bonchev–Trinajstić information content (AvgIpc) is 2.48. The van der Waals surface area contributed by atoms with Gasteiger partial charge in [-0.15, -0.1) is 0 Å². The lowest BCUT2D eigenvalue weighted by atomic mass is 9.85. The Morgan fingerprint density at radius 1 is 1.24 bits per heavy atom. The number of benzene rings is 1. The van der Waals surface area contributed by atoms with Gasteiger partial charge in [-0.2, -0.15) is 0 Å². The molecule has 0 aromatic heterocycles. The second-order valence-electron chi connectivity index (χ2n) is 6.14. The number of nitrogens with two attached hydrogens (primary N) is 1. The second-order valence-corrected chi connectivity index (χ2v) is 6.14. The minimum Gasteiger partial charge on any atom is -0.335 e. The molecule has 0 aliphatic heterocycles. The van der Waals surface area contributed by atoms with Crippen molar-refractivity contribution in [3.05, 3.63) is 29.8 Å². The third-order valence-electron chi connectivity index (χ3n) is 4.45. The molecule has 4 N–H and O–H groups in total. The summed E-state index contributed by atoms with van der Waals surface area (Å²) < 4.78 is 0. The highest BCUT2D eigenvalue weighted by atomic mass is 16.2. The molecule has 1 atom stereocenters. The first-order valence-corrected chi connectivity index (χ1v) is 8.01. The zero-order chi connectivity index (χ0) is 15.2. The van der Waals surface area contributed by atoms with Gasteiger partial charge in [-0.3, -0.25) is 0 Å². The summed E-state index contributed by atoms with van der Waals surface area (Å²) in [6, 6.07) is 7.92. The molecule has 1 fully saturated rings. The Labute approximate surface area is 127 Å². The highest BCUT2D eigenvalue weighted by molar-refractivity contribution is 5.89. The molecule has 0 radical (unpaired) electrons. The highest BCUT2D eigenvalue weighted by Gasteiger charge is 2.21. The van der Waals surface area contributed by atoms with E-state index in [9.17, 15) is 4.79 Å². The minimum atomic E-state index is -0.108. The molecular formula is C17H27N3O. The molecule has 2 rings (SSSR count). The van der Waals surface area contributed by atoms with Crippen LogP contribution in [0.5, 0.6) is 0 Å². The molecule has 0 saturated heterocycles. The van der Waals surface area contributed by atoms with E-state index in [1.54, 1.807) is 0 Å². The first-order valence-electron chi connectivity index (χ1n) is 8.01. The summed E-state index contributed by atoms with van der Waals surface area (Å²) in [6.07, 6.45) is 5.89. The third kappa shape index (κ3) is 4.74. The van der Waals surface area contributed by atoms with Crippen LogP contribution < -0.4 is 16.4 Å². The summed E-state index contributed by atoms with van der Waals surface area (Å²) in [6.45, 7) is 4.19. The molecule has 116 valence electrons. The van der Waals surface area contributed by atoms with E-state index in [0.717, 1.165) is 30.0 Å². The lowest BCUT2D eigenvalue weighted by Crippen LogP contribution is -2.40. The summed E-state index contributed by atoms with van der Waals surface area (Å²) in [7, 11) is 0. The molecule has 1 aliphatic carbocycles. The van der Waals surface area contributed by atoms with Gasteiger partial charge in [-0.25, -0.2) is 4.79 Å². The van der Waals surface area contributed by atoms with Gasteiger partial charge >= 0.3 is 6.03 Å². The van der Waals surface area contributed by atoms with Crippen LogP contribution in [0.4, 0.5) is 10.5 Å². The molecule has 0 bridgehead atoms. The van der Waals surface area contributed by atoms with Crippen LogP contribution >= 0.6 is 0 Å². The van der Waals surface area contributed by atoms with Crippen LogP contribution in [0.1, 0.15) is 57.6 Å². The predicted molar refractivity (Wildman–Crippen MR) is 87.2 cm³/mol. The zero-order valence-corrected chi connectivity index (χ0v) is 13.1. The summed E-state index contributed by atoms with van der Waals surface area (Å²) in [5.41, 5.74) is 7.68. The van der Waals surface area contributed by atoms with Crippen molar-refractivity contribution in [2.75, 3.05) is 5.32 Å². The topological polar surface area (TPSA) is 67.2 Å². The van der Waals surface area contributed by atoms with E-state index in [1.165, 1.54) is 19.3 Å². The van der Waals surface area contributed by atoms with Crippen LogP contribution in [0.15, 0.2) is 24.3 Å². The normalized spacial score (nSPS) is 23.4. The number of carbonyl (C=O) groups is 1. The molecule has 4 heteroatoms. The van der Waals surface area contributed by atoms with Crippen LogP contribution in [0, 0.1) is 5.92 Å². The van der Waals surface area contributed by atoms with Crippen molar-refractivity contribution in [1.29, 1.82) is 0 Å². The quantitative estimate of drug-likeness (QED) is 0.789. The maximum Gasteiger partial charge on any atom is 0.319 e. The summed E-state index contributed by atoms with van der Waals surface area (Å²) in [4.78, 5) is 12.0. The summed E-state index contributed by atoms with van der Waals surface area (Å²) in [5, 5.41) is 5.96. The van der Waals surface area contributed by atoms with E-state index < -0.39 is 0 Å². The van der Waals surface area contributed by atoms with Crippen LogP contribution in [0.2, 0.25) is 0 Å². The van der Waals surface area contributed by atoms with Crippen LogP contribution in [-0.2, 0) is 0 Å². The fraction of sp³-hybridized carbons (Fsp3) is 0.588. The lowest BCUT2D eigenvalue weighted by molar-refractivity contribution is 0.237. The number of hydrogen-bond acceptors (Lipinski definition) is 2. The molecule has 1 saturated carbocycles. The Bertz CT molecular complexity index is 448. The number of carbonyl (C=O) groups excluding carboxylic acids is 1. The Balaban J connectivity index is 1.79. The predicted octanol–water partition coefficient (Wildman–Crippen LogP) is 3.80. The number of nitrogens with one attached hydrogen (secondary N) is 2. The summed E-state index contributed by atoms with van der Waals surface area (Å²) >= 11 is 0. The molecule has 2 amide bonds. The maximum absolute atomic E-state index is 12.0. The Kier molecular flexibility index (Phi) is 5.62. The van der Waals surface area contributed by atoms with Gasteiger partial charge in [0, 0.05) is 17.8 Å². The fourth-order valence-corrected chi connectivity index (χ4v) is 2.94. The first-order chi connectivity index (χ1) is 10.1. The number of amides is 2. The van der Waals surface area contributed by atoms with Crippen LogP contribution in [0.3, 0.4) is 0 Å². The zero-order valence-electron chi connectivity index (χ0n) is 13.1. The van der Waals surface area contributed by atoms with Gasteiger partial charge in [0.15, 0.2) is 0 Å². The van der Waals surface area contributed by atoms with Crippen LogP contribution in [0.25, 0.3) is 0 Å². The monoisotopic (exact) mass is 289 g/mol.